The van der Waals surface area contributed by atoms with E-state index in [0.29, 0.717) is 6.42 Å². The van der Waals surface area contributed by atoms with Crippen LogP contribution in [0, 0.1) is 5.41 Å². The zero-order valence-electron chi connectivity index (χ0n) is 9.32. The van der Waals surface area contributed by atoms with Gasteiger partial charge < -0.3 is 15.3 Å². The first kappa shape index (κ1) is 12.2. The van der Waals surface area contributed by atoms with Crippen LogP contribution in [0.1, 0.15) is 33.6 Å². The summed E-state index contributed by atoms with van der Waals surface area (Å²) in [6, 6.07) is 0. The Morgan fingerprint density at radius 1 is 1.33 bits per heavy atom. The van der Waals surface area contributed by atoms with Crippen molar-refractivity contribution in [3.63, 3.8) is 0 Å². The number of allylic oxidation sites excluding steroid dienone is 1. The van der Waals surface area contributed by atoms with Crippen LogP contribution in [0.15, 0.2) is 11.8 Å². The van der Waals surface area contributed by atoms with Crippen LogP contribution in [-0.4, -0.2) is 32.8 Å². The molecule has 2 atom stereocenters. The third kappa shape index (κ3) is 2.58. The van der Waals surface area contributed by atoms with Gasteiger partial charge in [-0.15, -0.1) is 0 Å². The van der Waals surface area contributed by atoms with Crippen molar-refractivity contribution in [1.82, 2.24) is 0 Å². The van der Waals surface area contributed by atoms with E-state index in [1.165, 1.54) is 6.92 Å². The minimum absolute atomic E-state index is 0.000949. The van der Waals surface area contributed by atoms with E-state index >= 15 is 0 Å². The molecule has 0 fully saturated rings. The molecule has 0 bridgehead atoms. The van der Waals surface area contributed by atoms with Crippen molar-refractivity contribution in [2.75, 3.05) is 0 Å². The van der Waals surface area contributed by atoms with Crippen molar-refractivity contribution in [3.05, 3.63) is 11.8 Å². The summed E-state index contributed by atoms with van der Waals surface area (Å²) in [5.74, 6) is -0.654. The van der Waals surface area contributed by atoms with E-state index in [9.17, 15) is 20.1 Å². The summed E-state index contributed by atoms with van der Waals surface area (Å²) in [7, 11) is 0. The van der Waals surface area contributed by atoms with E-state index in [1.54, 1.807) is 13.8 Å². The van der Waals surface area contributed by atoms with Crippen molar-refractivity contribution in [1.29, 1.82) is 0 Å². The summed E-state index contributed by atoms with van der Waals surface area (Å²) in [5.41, 5.74) is -2.23. The van der Waals surface area contributed by atoms with E-state index in [1.807, 2.05) is 0 Å². The van der Waals surface area contributed by atoms with E-state index < -0.39 is 22.9 Å². The number of aliphatic hydroxyl groups is 3. The summed E-state index contributed by atoms with van der Waals surface area (Å²) in [4.78, 5) is 11.5. The lowest BCUT2D eigenvalue weighted by Crippen LogP contribution is -2.41. The molecule has 0 saturated carbocycles. The molecule has 0 aromatic rings. The Bertz CT molecular complexity index is 302. The molecule has 1 aliphatic rings. The Morgan fingerprint density at radius 2 is 1.87 bits per heavy atom. The Hall–Kier alpha value is -0.870. The highest BCUT2D eigenvalue weighted by Crippen LogP contribution is 2.34. The SMILES string of the molecule is CC1(C)C[C@H](O)C[C@@](C)(O)C(=O)/C=C\1O. The fourth-order valence-corrected chi connectivity index (χ4v) is 1.80. The van der Waals surface area contributed by atoms with Gasteiger partial charge in [0.2, 0.25) is 0 Å². The maximum atomic E-state index is 11.5. The second kappa shape index (κ2) is 3.61. The quantitative estimate of drug-likeness (QED) is 0.560. The average Bonchev–Trinajstić information content (AvgIpc) is 1.99. The van der Waals surface area contributed by atoms with E-state index in [0.717, 1.165) is 6.08 Å². The number of rotatable bonds is 0. The van der Waals surface area contributed by atoms with Crippen LogP contribution in [0.3, 0.4) is 0 Å². The largest absolute Gasteiger partial charge is 0.512 e. The monoisotopic (exact) mass is 214 g/mol. The Morgan fingerprint density at radius 3 is 2.40 bits per heavy atom. The number of hydrogen-bond donors (Lipinski definition) is 3. The van der Waals surface area contributed by atoms with Crippen molar-refractivity contribution in [2.45, 2.75) is 45.3 Å². The van der Waals surface area contributed by atoms with Crippen molar-refractivity contribution >= 4 is 5.78 Å². The normalized spacial score (nSPS) is 40.2. The lowest BCUT2D eigenvalue weighted by Gasteiger charge is -2.33. The molecule has 1 rings (SSSR count). The van der Waals surface area contributed by atoms with E-state index in [4.69, 9.17) is 0 Å². The third-order valence-electron chi connectivity index (χ3n) is 2.87. The summed E-state index contributed by atoms with van der Waals surface area (Å²) >= 11 is 0. The molecular formula is C11H18O4. The van der Waals surface area contributed by atoms with Crippen LogP contribution in [-0.2, 0) is 4.79 Å². The van der Waals surface area contributed by atoms with E-state index in [2.05, 4.69) is 0 Å². The minimum Gasteiger partial charge on any atom is -0.512 e. The van der Waals surface area contributed by atoms with Crippen LogP contribution >= 0.6 is 0 Å². The molecule has 0 radical (unpaired) electrons. The number of aliphatic hydroxyl groups excluding tert-OH is 2. The fraction of sp³-hybridized carbons (Fsp3) is 0.727. The molecule has 0 aromatic carbocycles. The number of carbonyl (C=O) groups is 1. The summed E-state index contributed by atoms with van der Waals surface area (Å²) < 4.78 is 0. The molecule has 4 nitrogen and oxygen atoms in total. The molecule has 0 aromatic heterocycles. The highest BCUT2D eigenvalue weighted by Gasteiger charge is 2.38. The van der Waals surface area contributed by atoms with E-state index in [-0.39, 0.29) is 12.2 Å². The van der Waals surface area contributed by atoms with Crippen LogP contribution in [0.5, 0.6) is 0 Å². The van der Waals surface area contributed by atoms with Crippen molar-refractivity contribution in [2.24, 2.45) is 5.41 Å². The van der Waals surface area contributed by atoms with Gasteiger partial charge in [-0.1, -0.05) is 13.8 Å². The topological polar surface area (TPSA) is 77.8 Å². The third-order valence-corrected chi connectivity index (χ3v) is 2.87. The first-order chi connectivity index (χ1) is 6.65. The molecule has 1 aliphatic carbocycles. The lowest BCUT2D eigenvalue weighted by atomic mass is 9.77. The molecular weight excluding hydrogens is 196 g/mol. The fourth-order valence-electron chi connectivity index (χ4n) is 1.80. The summed E-state index contributed by atoms with van der Waals surface area (Å²) in [5, 5.41) is 29.1. The molecule has 0 aliphatic heterocycles. The molecule has 0 spiro atoms. The molecule has 4 heteroatoms. The molecule has 3 N–H and O–H groups in total. The highest BCUT2D eigenvalue weighted by atomic mass is 16.3. The van der Waals surface area contributed by atoms with Gasteiger partial charge in [0, 0.05) is 17.9 Å². The second-order valence-corrected chi connectivity index (χ2v) is 5.11. The van der Waals surface area contributed by atoms with Crippen LogP contribution in [0.4, 0.5) is 0 Å². The standard InChI is InChI=1S/C11H18O4/c1-10(2)5-7(12)6-11(3,15)9(14)4-8(10)13/h4,7,12-13,15H,5-6H2,1-3H3/b8-4+/t7-,11+/m0/s1. The van der Waals surface area contributed by atoms with Gasteiger partial charge in [-0.25, -0.2) is 0 Å². The maximum Gasteiger partial charge on any atom is 0.190 e. The first-order valence-electron chi connectivity index (χ1n) is 5.01. The minimum atomic E-state index is -1.59. The van der Waals surface area contributed by atoms with Crippen LogP contribution in [0.25, 0.3) is 0 Å². The lowest BCUT2D eigenvalue weighted by molar-refractivity contribution is -0.135. The van der Waals surface area contributed by atoms with Gasteiger partial charge in [-0.3, -0.25) is 4.79 Å². The van der Waals surface area contributed by atoms with Gasteiger partial charge in [-0.05, 0) is 13.3 Å². The van der Waals surface area contributed by atoms with Gasteiger partial charge in [0.05, 0.1) is 6.10 Å². The van der Waals surface area contributed by atoms with Gasteiger partial charge in [0.1, 0.15) is 11.4 Å². The Kier molecular flexibility index (Phi) is 2.94. The van der Waals surface area contributed by atoms with Crippen molar-refractivity contribution < 1.29 is 20.1 Å². The number of carbonyl (C=O) groups excluding carboxylic acids is 1. The molecule has 15 heavy (non-hydrogen) atoms. The van der Waals surface area contributed by atoms with Crippen LogP contribution < -0.4 is 0 Å². The molecule has 0 amide bonds. The predicted octanol–water partition coefficient (Wildman–Crippen LogP) is 0.929. The molecule has 0 heterocycles. The van der Waals surface area contributed by atoms with Gasteiger partial charge >= 0.3 is 0 Å². The Balaban J connectivity index is 3.10. The zero-order chi connectivity index (χ0) is 11.9. The number of ketones is 1. The molecule has 86 valence electrons. The molecule has 0 saturated heterocycles. The molecule has 0 unspecified atom stereocenters. The average molecular weight is 214 g/mol. The number of hydrogen-bond acceptors (Lipinski definition) is 4. The van der Waals surface area contributed by atoms with Gasteiger partial charge in [0.25, 0.3) is 0 Å². The summed E-state index contributed by atoms with van der Waals surface area (Å²) in [6.07, 6.45) is 0.582. The highest BCUT2D eigenvalue weighted by molar-refractivity contribution is 5.97. The van der Waals surface area contributed by atoms with Gasteiger partial charge in [0.15, 0.2) is 5.78 Å². The predicted molar refractivity (Wildman–Crippen MR) is 55.4 cm³/mol. The second-order valence-electron chi connectivity index (χ2n) is 5.11. The zero-order valence-corrected chi connectivity index (χ0v) is 9.32. The van der Waals surface area contributed by atoms with Gasteiger partial charge in [-0.2, -0.15) is 0 Å². The maximum absolute atomic E-state index is 11.5. The Labute approximate surface area is 89.2 Å². The smallest absolute Gasteiger partial charge is 0.190 e. The van der Waals surface area contributed by atoms with Crippen LogP contribution in [0.2, 0.25) is 0 Å². The summed E-state index contributed by atoms with van der Waals surface area (Å²) in [6.45, 7) is 4.84. The first-order valence-corrected chi connectivity index (χ1v) is 5.01. The van der Waals surface area contributed by atoms with Crippen molar-refractivity contribution in [3.8, 4) is 0 Å².